The Morgan fingerprint density at radius 1 is 1.20 bits per heavy atom. The van der Waals surface area contributed by atoms with Crippen LogP contribution in [0.15, 0.2) is 18.2 Å². The lowest BCUT2D eigenvalue weighted by molar-refractivity contribution is -0.137. The molecule has 0 aliphatic heterocycles. The molecule has 0 aromatic heterocycles. The molecule has 1 saturated carbocycles. The van der Waals surface area contributed by atoms with Gasteiger partial charge in [0.2, 0.25) is 5.91 Å². The summed E-state index contributed by atoms with van der Waals surface area (Å²) in [6.07, 6.45) is 0.168. The third kappa shape index (κ3) is 3.66. The van der Waals surface area contributed by atoms with Gasteiger partial charge in [-0.1, -0.05) is 30.9 Å². The van der Waals surface area contributed by atoms with E-state index in [1.165, 1.54) is 6.07 Å². The second-order valence-corrected chi connectivity index (χ2v) is 5.42. The van der Waals surface area contributed by atoms with Crippen molar-refractivity contribution in [1.29, 1.82) is 0 Å². The number of halogens is 4. The number of hydrogen-bond acceptors (Lipinski definition) is 1. The van der Waals surface area contributed by atoms with E-state index in [1.54, 1.807) is 0 Å². The zero-order chi connectivity index (χ0) is 14.8. The molecule has 0 saturated heterocycles. The van der Waals surface area contributed by atoms with Crippen LogP contribution in [0.1, 0.15) is 37.7 Å². The van der Waals surface area contributed by atoms with E-state index in [-0.39, 0.29) is 22.5 Å². The van der Waals surface area contributed by atoms with E-state index >= 15 is 0 Å². The smallest absolute Gasteiger partial charge is 0.326 e. The minimum Gasteiger partial charge on any atom is -0.326 e. The molecule has 1 N–H and O–H groups in total. The van der Waals surface area contributed by atoms with Gasteiger partial charge >= 0.3 is 6.18 Å². The van der Waals surface area contributed by atoms with E-state index in [2.05, 4.69) is 5.32 Å². The van der Waals surface area contributed by atoms with Crippen LogP contribution in [-0.4, -0.2) is 5.91 Å². The highest BCUT2D eigenvalue weighted by Gasteiger charge is 2.33. The van der Waals surface area contributed by atoms with Gasteiger partial charge in [-0.15, -0.1) is 0 Å². The highest BCUT2D eigenvalue weighted by Crippen LogP contribution is 2.36. The fourth-order valence-electron chi connectivity index (χ4n) is 2.43. The van der Waals surface area contributed by atoms with Crippen LogP contribution in [0.25, 0.3) is 0 Å². The molecule has 0 unspecified atom stereocenters. The van der Waals surface area contributed by atoms with Gasteiger partial charge in [-0.2, -0.15) is 13.2 Å². The first kappa shape index (κ1) is 15.2. The highest BCUT2D eigenvalue weighted by molar-refractivity contribution is 6.31. The zero-order valence-corrected chi connectivity index (χ0v) is 11.5. The Balaban J connectivity index is 2.11. The molecule has 0 bridgehead atoms. The molecule has 110 valence electrons. The van der Waals surface area contributed by atoms with E-state index in [0.717, 1.165) is 44.2 Å². The van der Waals surface area contributed by atoms with E-state index in [0.29, 0.717) is 0 Å². The molecule has 0 radical (unpaired) electrons. The summed E-state index contributed by atoms with van der Waals surface area (Å²) in [4.78, 5) is 12.0. The topological polar surface area (TPSA) is 29.1 Å². The standard InChI is InChI=1S/C14H15ClF3NO/c15-12-7-6-10(8-11(12)14(16,17)18)19-13(20)9-4-2-1-3-5-9/h6-9H,1-5H2,(H,19,20). The van der Waals surface area contributed by atoms with Gasteiger partial charge in [0, 0.05) is 11.6 Å². The molecule has 0 heterocycles. The van der Waals surface area contributed by atoms with Crippen LogP contribution in [0.5, 0.6) is 0 Å². The average Bonchev–Trinajstić information content (AvgIpc) is 2.40. The Bertz CT molecular complexity index is 496. The van der Waals surface area contributed by atoms with Crippen molar-refractivity contribution in [3.8, 4) is 0 Å². The first-order chi connectivity index (χ1) is 9.38. The number of anilines is 1. The fraction of sp³-hybridized carbons (Fsp3) is 0.500. The third-order valence-electron chi connectivity index (χ3n) is 3.52. The molecule has 1 aliphatic carbocycles. The van der Waals surface area contributed by atoms with Crippen LogP contribution in [0.2, 0.25) is 5.02 Å². The fourth-order valence-corrected chi connectivity index (χ4v) is 2.65. The Morgan fingerprint density at radius 3 is 2.45 bits per heavy atom. The molecular weight excluding hydrogens is 291 g/mol. The molecular formula is C14H15ClF3NO. The van der Waals surface area contributed by atoms with Crippen LogP contribution in [-0.2, 0) is 11.0 Å². The van der Waals surface area contributed by atoms with Gasteiger partial charge in [0.05, 0.1) is 10.6 Å². The van der Waals surface area contributed by atoms with Gasteiger partial charge in [-0.25, -0.2) is 0 Å². The highest BCUT2D eigenvalue weighted by atomic mass is 35.5. The Labute approximate surface area is 120 Å². The first-order valence-corrected chi connectivity index (χ1v) is 6.93. The van der Waals surface area contributed by atoms with Crippen molar-refractivity contribution in [3.63, 3.8) is 0 Å². The maximum Gasteiger partial charge on any atom is 0.417 e. The van der Waals surface area contributed by atoms with Crippen molar-refractivity contribution in [3.05, 3.63) is 28.8 Å². The number of carbonyl (C=O) groups excluding carboxylic acids is 1. The third-order valence-corrected chi connectivity index (χ3v) is 3.84. The molecule has 1 aromatic carbocycles. The lowest BCUT2D eigenvalue weighted by Gasteiger charge is -2.21. The van der Waals surface area contributed by atoms with E-state index in [4.69, 9.17) is 11.6 Å². The molecule has 1 amide bonds. The number of rotatable bonds is 2. The molecule has 1 aliphatic rings. The number of amides is 1. The molecule has 2 nitrogen and oxygen atoms in total. The van der Waals surface area contributed by atoms with Crippen molar-refractivity contribution in [2.45, 2.75) is 38.3 Å². The number of alkyl halides is 3. The lowest BCUT2D eigenvalue weighted by Crippen LogP contribution is -2.24. The summed E-state index contributed by atoms with van der Waals surface area (Å²) in [6.45, 7) is 0. The summed E-state index contributed by atoms with van der Waals surface area (Å²) in [5.41, 5.74) is -0.794. The van der Waals surface area contributed by atoms with Crippen LogP contribution < -0.4 is 5.32 Å². The van der Waals surface area contributed by atoms with Gasteiger partial charge < -0.3 is 5.32 Å². The van der Waals surface area contributed by atoms with Gasteiger partial charge in [-0.05, 0) is 31.0 Å². The molecule has 1 fully saturated rings. The second-order valence-electron chi connectivity index (χ2n) is 5.02. The maximum atomic E-state index is 12.7. The summed E-state index contributed by atoms with van der Waals surface area (Å²) in [6, 6.07) is 3.42. The molecule has 0 atom stereocenters. The van der Waals surface area contributed by atoms with Crippen molar-refractivity contribution in [2.75, 3.05) is 5.32 Å². The minimum atomic E-state index is -4.53. The summed E-state index contributed by atoms with van der Waals surface area (Å²) >= 11 is 5.53. The van der Waals surface area contributed by atoms with E-state index < -0.39 is 11.7 Å². The maximum absolute atomic E-state index is 12.7. The van der Waals surface area contributed by atoms with Crippen molar-refractivity contribution < 1.29 is 18.0 Å². The lowest BCUT2D eigenvalue weighted by atomic mass is 9.88. The number of carbonyl (C=O) groups is 1. The van der Waals surface area contributed by atoms with Crippen LogP contribution >= 0.6 is 11.6 Å². The predicted octanol–water partition coefficient (Wildman–Crippen LogP) is 4.88. The molecule has 20 heavy (non-hydrogen) atoms. The van der Waals surface area contributed by atoms with Gasteiger partial charge in [0.25, 0.3) is 0 Å². The van der Waals surface area contributed by atoms with Crippen LogP contribution in [0.4, 0.5) is 18.9 Å². The van der Waals surface area contributed by atoms with Crippen LogP contribution in [0, 0.1) is 5.92 Å². The first-order valence-electron chi connectivity index (χ1n) is 6.55. The Kier molecular flexibility index (Phi) is 4.58. The van der Waals surface area contributed by atoms with E-state index in [9.17, 15) is 18.0 Å². The molecule has 2 rings (SSSR count). The second kappa shape index (κ2) is 6.04. The summed E-state index contributed by atoms with van der Waals surface area (Å²) in [5, 5.41) is 2.19. The van der Waals surface area contributed by atoms with Gasteiger partial charge in [0.15, 0.2) is 0 Å². The quantitative estimate of drug-likeness (QED) is 0.829. The predicted molar refractivity (Wildman–Crippen MR) is 71.7 cm³/mol. The molecule has 1 aromatic rings. The monoisotopic (exact) mass is 305 g/mol. The van der Waals surface area contributed by atoms with Gasteiger partial charge in [-0.3, -0.25) is 4.79 Å². The summed E-state index contributed by atoms with van der Waals surface area (Å²) < 4.78 is 38.2. The summed E-state index contributed by atoms with van der Waals surface area (Å²) in [5.74, 6) is -0.311. The van der Waals surface area contributed by atoms with Crippen molar-refractivity contribution in [2.24, 2.45) is 5.92 Å². The Hall–Kier alpha value is -1.23. The van der Waals surface area contributed by atoms with Gasteiger partial charge in [0.1, 0.15) is 0 Å². The SMILES string of the molecule is O=C(Nc1ccc(Cl)c(C(F)(F)F)c1)C1CCCCC1. The van der Waals surface area contributed by atoms with Crippen molar-refractivity contribution in [1.82, 2.24) is 0 Å². The van der Waals surface area contributed by atoms with E-state index in [1.807, 2.05) is 0 Å². The average molecular weight is 306 g/mol. The number of benzene rings is 1. The largest absolute Gasteiger partial charge is 0.417 e. The zero-order valence-electron chi connectivity index (χ0n) is 10.8. The summed E-state index contributed by atoms with van der Waals surface area (Å²) in [7, 11) is 0. The minimum absolute atomic E-state index is 0.103. The normalized spacial score (nSPS) is 17.0. The molecule has 6 heteroatoms. The van der Waals surface area contributed by atoms with Crippen LogP contribution in [0.3, 0.4) is 0 Å². The number of hydrogen-bond donors (Lipinski definition) is 1. The number of nitrogens with one attached hydrogen (secondary N) is 1. The Morgan fingerprint density at radius 2 is 1.85 bits per heavy atom. The van der Waals surface area contributed by atoms with Crippen molar-refractivity contribution >= 4 is 23.2 Å². The molecule has 0 spiro atoms.